The highest BCUT2D eigenvalue weighted by molar-refractivity contribution is 9.10. The summed E-state index contributed by atoms with van der Waals surface area (Å²) in [5, 5.41) is 3.40. The molecule has 1 aromatic heterocycles. The van der Waals surface area contributed by atoms with Crippen molar-refractivity contribution < 1.29 is 0 Å². The van der Waals surface area contributed by atoms with Crippen molar-refractivity contribution in [3.8, 4) is 0 Å². The zero-order valence-electron chi connectivity index (χ0n) is 13.2. The first-order chi connectivity index (χ1) is 10.0. The maximum Gasteiger partial charge on any atom is 0.328 e. The standard InChI is InChI=1S/C16H24BrN3O/c1-5-6-7-8-13(18-2)11-9-14-15(10-12(11)17)20(4)16(21)19(14)3/h9-10,13,18H,5-8H2,1-4H3. The molecule has 0 bridgehead atoms. The molecular weight excluding hydrogens is 330 g/mol. The number of hydrogen-bond acceptors (Lipinski definition) is 2. The Kier molecular flexibility index (Phi) is 5.27. The van der Waals surface area contributed by atoms with E-state index in [4.69, 9.17) is 0 Å². The van der Waals surface area contributed by atoms with Crippen molar-refractivity contribution in [1.29, 1.82) is 0 Å². The lowest BCUT2D eigenvalue weighted by Crippen LogP contribution is -2.19. The first kappa shape index (κ1) is 16.3. The van der Waals surface area contributed by atoms with E-state index in [-0.39, 0.29) is 5.69 Å². The van der Waals surface area contributed by atoms with Crippen molar-refractivity contribution in [2.24, 2.45) is 14.1 Å². The Balaban J connectivity index is 2.46. The number of nitrogens with zero attached hydrogens (tertiary/aromatic N) is 2. The van der Waals surface area contributed by atoms with E-state index in [0.717, 1.165) is 21.9 Å². The van der Waals surface area contributed by atoms with Gasteiger partial charge in [0.2, 0.25) is 0 Å². The summed E-state index contributed by atoms with van der Waals surface area (Å²) in [5.41, 5.74) is 3.18. The van der Waals surface area contributed by atoms with Crippen molar-refractivity contribution in [3.05, 3.63) is 32.7 Å². The molecule has 0 saturated carbocycles. The monoisotopic (exact) mass is 353 g/mol. The maximum absolute atomic E-state index is 12.1. The molecule has 0 fully saturated rings. The first-order valence-corrected chi connectivity index (χ1v) is 8.32. The molecule has 0 saturated heterocycles. The lowest BCUT2D eigenvalue weighted by atomic mass is 10.00. The molecule has 4 nitrogen and oxygen atoms in total. The van der Waals surface area contributed by atoms with Crippen molar-refractivity contribution in [1.82, 2.24) is 14.5 Å². The van der Waals surface area contributed by atoms with Crippen molar-refractivity contribution in [2.45, 2.75) is 38.6 Å². The smallest absolute Gasteiger partial charge is 0.313 e. The van der Waals surface area contributed by atoms with Crippen LogP contribution in [0.1, 0.15) is 44.2 Å². The van der Waals surface area contributed by atoms with Gasteiger partial charge >= 0.3 is 5.69 Å². The molecule has 1 aromatic carbocycles. The third-order valence-electron chi connectivity index (χ3n) is 4.21. The highest BCUT2D eigenvalue weighted by Gasteiger charge is 2.16. The topological polar surface area (TPSA) is 39.0 Å². The molecule has 116 valence electrons. The molecule has 2 aromatic rings. The van der Waals surface area contributed by atoms with Crippen LogP contribution in [0.4, 0.5) is 0 Å². The average molecular weight is 354 g/mol. The van der Waals surface area contributed by atoms with Crippen LogP contribution in [0.2, 0.25) is 0 Å². The van der Waals surface area contributed by atoms with E-state index >= 15 is 0 Å². The molecule has 0 aliphatic carbocycles. The molecule has 1 N–H and O–H groups in total. The summed E-state index contributed by atoms with van der Waals surface area (Å²) in [7, 11) is 5.64. The van der Waals surface area contributed by atoms with Crippen molar-refractivity contribution in [2.75, 3.05) is 7.05 Å². The first-order valence-electron chi connectivity index (χ1n) is 7.53. The Labute approximate surface area is 134 Å². The third-order valence-corrected chi connectivity index (χ3v) is 4.90. The van der Waals surface area contributed by atoms with Crippen LogP contribution in [0, 0.1) is 0 Å². The number of aryl methyl sites for hydroxylation is 2. The average Bonchev–Trinajstić information content (AvgIpc) is 2.68. The van der Waals surface area contributed by atoms with Crippen LogP contribution in [-0.4, -0.2) is 16.2 Å². The minimum Gasteiger partial charge on any atom is -0.313 e. The number of aromatic nitrogens is 2. The Morgan fingerprint density at radius 1 is 1.19 bits per heavy atom. The Morgan fingerprint density at radius 2 is 1.81 bits per heavy atom. The largest absolute Gasteiger partial charge is 0.328 e. The minimum atomic E-state index is 0.0149. The number of fused-ring (bicyclic) bond motifs is 1. The van der Waals surface area contributed by atoms with Crippen LogP contribution >= 0.6 is 15.9 Å². The summed E-state index contributed by atoms with van der Waals surface area (Å²) in [6.07, 6.45) is 4.79. The SMILES string of the molecule is CCCCCC(NC)c1cc2c(cc1Br)n(C)c(=O)n2C. The van der Waals surface area contributed by atoms with E-state index < -0.39 is 0 Å². The van der Waals surface area contributed by atoms with E-state index in [2.05, 4.69) is 40.3 Å². The quantitative estimate of drug-likeness (QED) is 0.807. The van der Waals surface area contributed by atoms with Gasteiger partial charge < -0.3 is 5.32 Å². The molecule has 21 heavy (non-hydrogen) atoms. The van der Waals surface area contributed by atoms with Gasteiger partial charge in [0.25, 0.3) is 0 Å². The minimum absolute atomic E-state index is 0.0149. The van der Waals surface area contributed by atoms with Crippen LogP contribution in [0.3, 0.4) is 0 Å². The lowest BCUT2D eigenvalue weighted by Gasteiger charge is -2.18. The molecule has 0 amide bonds. The summed E-state index contributed by atoms with van der Waals surface area (Å²) in [6, 6.07) is 4.50. The van der Waals surface area contributed by atoms with Crippen LogP contribution in [0.5, 0.6) is 0 Å². The molecule has 0 radical (unpaired) electrons. The normalized spacial score (nSPS) is 13.0. The van der Waals surface area contributed by atoms with Crippen LogP contribution < -0.4 is 11.0 Å². The number of nitrogens with one attached hydrogen (secondary N) is 1. The van der Waals surface area contributed by atoms with Gasteiger partial charge in [-0.3, -0.25) is 9.13 Å². The molecule has 0 aliphatic heterocycles. The summed E-state index contributed by atoms with van der Waals surface area (Å²) >= 11 is 3.67. The van der Waals surface area contributed by atoms with Gasteiger partial charge in [-0.15, -0.1) is 0 Å². The number of benzene rings is 1. The predicted octanol–water partition coefficient (Wildman–Crippen LogP) is 3.48. The van der Waals surface area contributed by atoms with Crippen LogP contribution in [0.15, 0.2) is 21.4 Å². The van der Waals surface area contributed by atoms with Gasteiger partial charge in [-0.05, 0) is 31.2 Å². The fraction of sp³-hybridized carbons (Fsp3) is 0.562. The molecule has 1 heterocycles. The highest BCUT2D eigenvalue weighted by atomic mass is 79.9. The Bertz CT molecular complexity index is 687. The second-order valence-electron chi connectivity index (χ2n) is 5.60. The van der Waals surface area contributed by atoms with E-state index in [1.165, 1.54) is 24.8 Å². The van der Waals surface area contributed by atoms with Gasteiger partial charge in [0.15, 0.2) is 0 Å². The van der Waals surface area contributed by atoms with E-state index in [1.807, 2.05) is 21.1 Å². The maximum atomic E-state index is 12.1. The zero-order valence-corrected chi connectivity index (χ0v) is 14.8. The Morgan fingerprint density at radius 3 is 2.38 bits per heavy atom. The number of unbranched alkanes of at least 4 members (excludes halogenated alkanes) is 2. The van der Waals surface area contributed by atoms with E-state index in [0.29, 0.717) is 6.04 Å². The molecule has 2 rings (SSSR count). The van der Waals surface area contributed by atoms with Gasteiger partial charge in [0.1, 0.15) is 0 Å². The van der Waals surface area contributed by atoms with Crippen molar-refractivity contribution >= 4 is 27.0 Å². The van der Waals surface area contributed by atoms with E-state index in [9.17, 15) is 4.79 Å². The number of rotatable bonds is 6. The van der Waals surface area contributed by atoms with Crippen LogP contribution in [0.25, 0.3) is 11.0 Å². The van der Waals surface area contributed by atoms with Gasteiger partial charge in [-0.25, -0.2) is 4.79 Å². The van der Waals surface area contributed by atoms with Gasteiger partial charge in [-0.1, -0.05) is 42.1 Å². The second kappa shape index (κ2) is 6.79. The molecule has 0 aliphatic rings. The number of halogens is 1. The fourth-order valence-electron chi connectivity index (χ4n) is 2.86. The van der Waals surface area contributed by atoms with Crippen LogP contribution in [-0.2, 0) is 14.1 Å². The summed E-state index contributed by atoms with van der Waals surface area (Å²) in [5.74, 6) is 0. The molecular formula is C16H24BrN3O. The third kappa shape index (κ3) is 3.09. The van der Waals surface area contributed by atoms with E-state index in [1.54, 1.807) is 9.13 Å². The second-order valence-corrected chi connectivity index (χ2v) is 6.45. The molecule has 5 heteroatoms. The number of imidazole rings is 1. The molecule has 1 atom stereocenters. The highest BCUT2D eigenvalue weighted by Crippen LogP contribution is 2.30. The predicted molar refractivity (Wildman–Crippen MR) is 91.8 cm³/mol. The molecule has 1 unspecified atom stereocenters. The summed E-state index contributed by atoms with van der Waals surface area (Å²) < 4.78 is 4.46. The van der Waals surface area contributed by atoms with Gasteiger partial charge in [0, 0.05) is 24.6 Å². The van der Waals surface area contributed by atoms with Crippen molar-refractivity contribution in [3.63, 3.8) is 0 Å². The fourth-order valence-corrected chi connectivity index (χ4v) is 3.46. The van der Waals surface area contributed by atoms with Gasteiger partial charge in [0.05, 0.1) is 11.0 Å². The summed E-state index contributed by atoms with van der Waals surface area (Å²) in [6.45, 7) is 2.22. The Hall–Kier alpha value is -1.07. The summed E-state index contributed by atoms with van der Waals surface area (Å²) in [4.78, 5) is 12.1. The lowest BCUT2D eigenvalue weighted by molar-refractivity contribution is 0.510. The van der Waals surface area contributed by atoms with Gasteiger partial charge in [-0.2, -0.15) is 0 Å². The zero-order chi connectivity index (χ0) is 15.6. The molecule has 0 spiro atoms. The number of hydrogen-bond donors (Lipinski definition) is 1.